The maximum Gasteiger partial charge on any atom is 0.309 e. The summed E-state index contributed by atoms with van der Waals surface area (Å²) in [6, 6.07) is 6.61. The first-order chi connectivity index (χ1) is 14.9. The van der Waals surface area contributed by atoms with Gasteiger partial charge in [-0.2, -0.15) is 5.10 Å². The van der Waals surface area contributed by atoms with Crippen LogP contribution in [0.3, 0.4) is 0 Å². The smallest absolute Gasteiger partial charge is 0.309 e. The molecule has 1 N–H and O–H groups in total. The maximum atomic E-state index is 13.2. The Hall–Kier alpha value is -2.74. The number of rotatable bonds is 7. The van der Waals surface area contributed by atoms with Crippen molar-refractivity contribution in [2.24, 2.45) is 5.92 Å². The van der Waals surface area contributed by atoms with Crippen LogP contribution in [-0.4, -0.2) is 52.3 Å². The Bertz CT molecular complexity index is 950. The van der Waals surface area contributed by atoms with Crippen molar-refractivity contribution >= 4 is 11.9 Å². The molecule has 0 radical (unpaired) electrons. The minimum absolute atomic E-state index is 0.0473. The number of carbonyl (C=O) groups is 2. The minimum Gasteiger partial charge on any atom is -0.466 e. The summed E-state index contributed by atoms with van der Waals surface area (Å²) in [7, 11) is 0. The normalized spacial score (nSPS) is 20.2. The van der Waals surface area contributed by atoms with Crippen molar-refractivity contribution in [3.63, 3.8) is 0 Å². The van der Waals surface area contributed by atoms with Crippen LogP contribution in [0.4, 0.5) is 4.39 Å². The molecular formula is C23H29FN4O3. The predicted molar refractivity (Wildman–Crippen MR) is 113 cm³/mol. The molecule has 0 bridgehead atoms. The molecule has 1 saturated carbocycles. The highest BCUT2D eigenvalue weighted by Crippen LogP contribution is 2.28. The predicted octanol–water partition coefficient (Wildman–Crippen LogP) is 2.19. The van der Waals surface area contributed by atoms with Crippen LogP contribution < -0.4 is 5.32 Å². The molecule has 0 unspecified atom stereocenters. The molecule has 1 fully saturated rings. The van der Waals surface area contributed by atoms with Crippen LogP contribution in [0.15, 0.2) is 24.3 Å². The fraction of sp³-hybridized carbons (Fsp3) is 0.522. The maximum absolute atomic E-state index is 13.2. The standard InChI is InChI=1S/C23H29FN4O3/c1-3-31-23(30)17-10-19(11-17)25-12-22(29)27-9-8-20-15(2)26-28(21(20)14-27)13-16-4-6-18(24)7-5-16/h4-7,17,19,25H,3,8-14H2,1-2H3. The van der Waals surface area contributed by atoms with Crippen molar-refractivity contribution in [1.29, 1.82) is 0 Å². The zero-order chi connectivity index (χ0) is 22.0. The quantitative estimate of drug-likeness (QED) is 0.685. The number of nitrogens with zero attached hydrogens (tertiary/aromatic N) is 3. The summed E-state index contributed by atoms with van der Waals surface area (Å²) in [4.78, 5) is 26.3. The largest absolute Gasteiger partial charge is 0.466 e. The van der Waals surface area contributed by atoms with E-state index >= 15 is 0 Å². The van der Waals surface area contributed by atoms with Gasteiger partial charge in [0.05, 0.1) is 43.5 Å². The molecule has 4 rings (SSSR count). The molecule has 1 amide bonds. The van der Waals surface area contributed by atoms with Gasteiger partial charge in [-0.1, -0.05) is 12.1 Å². The number of benzene rings is 1. The van der Waals surface area contributed by atoms with Gasteiger partial charge in [-0.25, -0.2) is 4.39 Å². The molecule has 166 valence electrons. The highest BCUT2D eigenvalue weighted by atomic mass is 19.1. The summed E-state index contributed by atoms with van der Waals surface area (Å²) in [5.41, 5.74) is 4.21. The number of aromatic nitrogens is 2. The number of nitrogens with one attached hydrogen (secondary N) is 1. The fourth-order valence-electron chi connectivity index (χ4n) is 4.36. The van der Waals surface area contributed by atoms with Crippen LogP contribution in [-0.2, 0) is 33.8 Å². The fourth-order valence-corrected chi connectivity index (χ4v) is 4.36. The number of esters is 1. The van der Waals surface area contributed by atoms with E-state index in [0.29, 0.717) is 26.2 Å². The van der Waals surface area contributed by atoms with Gasteiger partial charge in [0.15, 0.2) is 0 Å². The van der Waals surface area contributed by atoms with Gasteiger partial charge < -0.3 is 15.0 Å². The third-order valence-electron chi connectivity index (χ3n) is 6.24. The van der Waals surface area contributed by atoms with E-state index in [9.17, 15) is 14.0 Å². The Morgan fingerprint density at radius 1 is 1.26 bits per heavy atom. The van der Waals surface area contributed by atoms with Gasteiger partial charge in [0.2, 0.25) is 5.91 Å². The molecule has 1 aliphatic carbocycles. The van der Waals surface area contributed by atoms with E-state index in [2.05, 4.69) is 10.4 Å². The van der Waals surface area contributed by atoms with Gasteiger partial charge in [-0.3, -0.25) is 14.3 Å². The van der Waals surface area contributed by atoms with Crippen molar-refractivity contribution in [2.75, 3.05) is 19.7 Å². The first-order valence-electron chi connectivity index (χ1n) is 10.9. The molecule has 31 heavy (non-hydrogen) atoms. The zero-order valence-electron chi connectivity index (χ0n) is 18.1. The highest BCUT2D eigenvalue weighted by Gasteiger charge is 2.36. The molecule has 1 aromatic carbocycles. The summed E-state index contributed by atoms with van der Waals surface area (Å²) < 4.78 is 20.2. The Morgan fingerprint density at radius 2 is 2.00 bits per heavy atom. The van der Waals surface area contributed by atoms with Crippen LogP contribution in [0, 0.1) is 18.7 Å². The monoisotopic (exact) mass is 428 g/mol. The topological polar surface area (TPSA) is 76.5 Å². The first-order valence-corrected chi connectivity index (χ1v) is 10.9. The molecule has 1 aliphatic heterocycles. The molecule has 2 aromatic rings. The van der Waals surface area contributed by atoms with E-state index in [1.165, 1.54) is 17.7 Å². The van der Waals surface area contributed by atoms with E-state index in [-0.39, 0.29) is 36.2 Å². The van der Waals surface area contributed by atoms with Gasteiger partial charge in [0, 0.05) is 12.6 Å². The Balaban J connectivity index is 1.32. The van der Waals surface area contributed by atoms with E-state index in [1.54, 1.807) is 12.1 Å². The van der Waals surface area contributed by atoms with E-state index in [1.807, 2.05) is 23.4 Å². The van der Waals surface area contributed by atoms with E-state index in [0.717, 1.165) is 36.2 Å². The number of hydrogen-bond acceptors (Lipinski definition) is 5. The number of fused-ring (bicyclic) bond motifs is 1. The van der Waals surface area contributed by atoms with Crippen LogP contribution >= 0.6 is 0 Å². The van der Waals surface area contributed by atoms with Gasteiger partial charge >= 0.3 is 5.97 Å². The number of hydrogen-bond donors (Lipinski definition) is 1. The molecule has 7 nitrogen and oxygen atoms in total. The molecule has 0 atom stereocenters. The summed E-state index contributed by atoms with van der Waals surface area (Å²) in [6.07, 6.45) is 2.23. The van der Waals surface area contributed by atoms with Crippen molar-refractivity contribution in [3.05, 3.63) is 52.6 Å². The van der Waals surface area contributed by atoms with Gasteiger partial charge in [-0.15, -0.1) is 0 Å². The second kappa shape index (κ2) is 9.18. The lowest BCUT2D eigenvalue weighted by atomic mass is 9.80. The molecule has 0 saturated heterocycles. The Labute approximate surface area is 181 Å². The molecule has 8 heteroatoms. The highest BCUT2D eigenvalue weighted by molar-refractivity contribution is 5.79. The SMILES string of the molecule is CCOC(=O)C1CC(NCC(=O)N2CCc3c(C)nn(Cc4ccc(F)cc4)c3C2)C1. The van der Waals surface area contributed by atoms with Crippen molar-refractivity contribution < 1.29 is 18.7 Å². The lowest BCUT2D eigenvalue weighted by molar-refractivity contribution is -0.151. The zero-order valence-corrected chi connectivity index (χ0v) is 18.1. The van der Waals surface area contributed by atoms with Crippen LogP contribution in [0.1, 0.15) is 42.3 Å². The van der Waals surface area contributed by atoms with Crippen molar-refractivity contribution in [2.45, 2.75) is 52.2 Å². The molecular weight excluding hydrogens is 399 g/mol. The molecule has 1 aromatic heterocycles. The van der Waals surface area contributed by atoms with E-state index < -0.39 is 0 Å². The van der Waals surface area contributed by atoms with Crippen molar-refractivity contribution in [1.82, 2.24) is 20.0 Å². The number of halogens is 1. The summed E-state index contributed by atoms with van der Waals surface area (Å²) in [5.74, 6) is -0.390. The Morgan fingerprint density at radius 3 is 2.71 bits per heavy atom. The van der Waals surface area contributed by atoms with Crippen molar-refractivity contribution in [3.8, 4) is 0 Å². The summed E-state index contributed by atoms with van der Waals surface area (Å²) in [6.45, 7) is 6.22. The van der Waals surface area contributed by atoms with E-state index in [4.69, 9.17) is 4.74 Å². The third kappa shape index (κ3) is 4.79. The number of aryl methyl sites for hydroxylation is 1. The number of ether oxygens (including phenoxy) is 1. The minimum atomic E-state index is -0.258. The average molecular weight is 429 g/mol. The molecule has 2 heterocycles. The summed E-state index contributed by atoms with van der Waals surface area (Å²) >= 11 is 0. The lowest BCUT2D eigenvalue weighted by Crippen LogP contribution is -2.49. The van der Waals surface area contributed by atoms with Crippen LogP contribution in [0.25, 0.3) is 0 Å². The number of amides is 1. The van der Waals surface area contributed by atoms with Crippen LogP contribution in [0.2, 0.25) is 0 Å². The Kier molecular flexibility index (Phi) is 6.36. The first kappa shape index (κ1) is 21.5. The second-order valence-electron chi connectivity index (χ2n) is 8.36. The van der Waals surface area contributed by atoms with Gasteiger partial charge in [0.1, 0.15) is 5.82 Å². The van der Waals surface area contributed by atoms with Gasteiger partial charge in [0.25, 0.3) is 0 Å². The lowest BCUT2D eigenvalue weighted by Gasteiger charge is -2.35. The number of carbonyl (C=O) groups excluding carboxylic acids is 2. The van der Waals surface area contributed by atoms with Gasteiger partial charge in [-0.05, 0) is 56.4 Å². The summed E-state index contributed by atoms with van der Waals surface area (Å²) in [5, 5.41) is 7.94. The molecule has 0 spiro atoms. The second-order valence-corrected chi connectivity index (χ2v) is 8.36. The molecule has 2 aliphatic rings. The van der Waals surface area contributed by atoms with Crippen LogP contribution in [0.5, 0.6) is 0 Å². The third-order valence-corrected chi connectivity index (χ3v) is 6.24. The average Bonchev–Trinajstić information content (AvgIpc) is 3.03.